The Labute approximate surface area is 210 Å². The van der Waals surface area contributed by atoms with E-state index in [9.17, 15) is 4.79 Å². The molecular formula is C26H31ClN4O2S. The fraction of sp³-hybridized carbons (Fsp3) is 0.462. The first-order chi connectivity index (χ1) is 16.7. The first-order valence-corrected chi connectivity index (χ1v) is 13.4. The van der Waals surface area contributed by atoms with Gasteiger partial charge in [0.2, 0.25) is 0 Å². The third-order valence-electron chi connectivity index (χ3n) is 6.61. The molecule has 1 amide bonds. The quantitative estimate of drug-likeness (QED) is 0.421. The van der Waals surface area contributed by atoms with E-state index in [1.165, 1.54) is 32.4 Å². The first-order valence-electron chi connectivity index (χ1n) is 12.2. The number of aromatic nitrogens is 1. The van der Waals surface area contributed by atoms with Crippen LogP contribution >= 0.6 is 22.9 Å². The van der Waals surface area contributed by atoms with Crippen molar-refractivity contribution in [2.75, 3.05) is 57.3 Å². The third kappa shape index (κ3) is 5.65. The second kappa shape index (κ2) is 10.9. The molecule has 0 bridgehead atoms. The van der Waals surface area contributed by atoms with Crippen molar-refractivity contribution in [3.63, 3.8) is 0 Å². The molecule has 2 aliphatic heterocycles. The van der Waals surface area contributed by atoms with Gasteiger partial charge in [-0.3, -0.25) is 4.79 Å². The predicted octanol–water partition coefficient (Wildman–Crippen LogP) is 5.17. The van der Waals surface area contributed by atoms with Crippen LogP contribution in [0.3, 0.4) is 0 Å². The van der Waals surface area contributed by atoms with Crippen molar-refractivity contribution < 1.29 is 9.53 Å². The second-order valence-electron chi connectivity index (χ2n) is 9.02. The highest BCUT2D eigenvalue weighted by Crippen LogP contribution is 2.31. The largest absolute Gasteiger partial charge is 0.494 e. The molecule has 0 aliphatic carbocycles. The Hall–Kier alpha value is -2.35. The zero-order valence-electron chi connectivity index (χ0n) is 19.4. The van der Waals surface area contributed by atoms with Gasteiger partial charge >= 0.3 is 0 Å². The zero-order chi connectivity index (χ0) is 23.3. The summed E-state index contributed by atoms with van der Waals surface area (Å²) in [6, 6.07) is 13.4. The minimum atomic E-state index is 0.0763. The highest BCUT2D eigenvalue weighted by Gasteiger charge is 2.24. The Morgan fingerprint density at radius 3 is 2.50 bits per heavy atom. The number of likely N-dealkylation sites (tertiary alicyclic amines) is 1. The minimum absolute atomic E-state index is 0.0763. The van der Waals surface area contributed by atoms with Crippen molar-refractivity contribution in [3.05, 3.63) is 53.1 Å². The topological polar surface area (TPSA) is 48.9 Å². The number of hydrogen-bond acceptors (Lipinski definition) is 6. The molecule has 2 aromatic carbocycles. The molecule has 0 atom stereocenters. The van der Waals surface area contributed by atoms with Crippen LogP contribution in [0, 0.1) is 0 Å². The lowest BCUT2D eigenvalue weighted by Crippen LogP contribution is -2.48. The molecule has 5 rings (SSSR count). The number of piperidine rings is 1. The summed E-state index contributed by atoms with van der Waals surface area (Å²) in [5.41, 5.74) is 1.68. The maximum Gasteiger partial charge on any atom is 0.253 e. The first kappa shape index (κ1) is 23.4. The Bertz CT molecular complexity index is 1110. The van der Waals surface area contributed by atoms with Crippen LogP contribution in [0.25, 0.3) is 10.2 Å². The van der Waals surface area contributed by atoms with Crippen molar-refractivity contribution >= 4 is 44.2 Å². The van der Waals surface area contributed by atoms with E-state index in [1.54, 1.807) is 11.3 Å². The minimum Gasteiger partial charge on any atom is -0.494 e. The number of piperazine rings is 1. The Kier molecular flexibility index (Phi) is 7.52. The number of anilines is 1. The van der Waals surface area contributed by atoms with Crippen LogP contribution in [-0.4, -0.2) is 73.1 Å². The highest BCUT2D eigenvalue weighted by molar-refractivity contribution is 7.22. The second-order valence-corrected chi connectivity index (χ2v) is 10.5. The van der Waals surface area contributed by atoms with Crippen molar-refractivity contribution in [1.29, 1.82) is 0 Å². The number of carbonyl (C=O) groups is 1. The molecule has 0 unspecified atom stereocenters. The lowest BCUT2D eigenvalue weighted by Gasteiger charge is -2.34. The van der Waals surface area contributed by atoms with E-state index in [2.05, 4.69) is 9.80 Å². The van der Waals surface area contributed by atoms with Crippen molar-refractivity contribution in [3.8, 4) is 5.75 Å². The summed E-state index contributed by atoms with van der Waals surface area (Å²) in [6.45, 7) is 7.18. The average molecular weight is 499 g/mol. The van der Waals surface area contributed by atoms with Crippen LogP contribution in [0.1, 0.15) is 36.0 Å². The number of halogens is 1. The summed E-state index contributed by atoms with van der Waals surface area (Å²) in [5.74, 6) is 0.906. The maximum atomic E-state index is 13.0. The van der Waals surface area contributed by atoms with E-state index in [0.717, 1.165) is 52.2 Å². The number of nitrogens with zero attached hydrogens (tertiary/aromatic N) is 4. The lowest BCUT2D eigenvalue weighted by molar-refractivity contribution is 0.0746. The summed E-state index contributed by atoms with van der Waals surface area (Å²) >= 11 is 7.76. The molecule has 34 heavy (non-hydrogen) atoms. The van der Waals surface area contributed by atoms with Crippen LogP contribution in [0.4, 0.5) is 5.13 Å². The molecular weight excluding hydrogens is 468 g/mol. The van der Waals surface area contributed by atoms with Crippen LogP contribution in [-0.2, 0) is 0 Å². The molecule has 1 aromatic heterocycles. The van der Waals surface area contributed by atoms with Crippen molar-refractivity contribution in [2.45, 2.75) is 25.7 Å². The number of hydrogen-bond donors (Lipinski definition) is 0. The van der Waals surface area contributed by atoms with Gasteiger partial charge in [0, 0.05) is 43.3 Å². The molecule has 8 heteroatoms. The smallest absolute Gasteiger partial charge is 0.253 e. The normalized spacial score (nSPS) is 17.3. The van der Waals surface area contributed by atoms with Crippen molar-refractivity contribution in [1.82, 2.24) is 14.8 Å². The van der Waals surface area contributed by atoms with E-state index in [-0.39, 0.29) is 5.91 Å². The van der Waals surface area contributed by atoms with Crippen LogP contribution in [0.15, 0.2) is 42.5 Å². The summed E-state index contributed by atoms with van der Waals surface area (Å²) in [4.78, 5) is 24.4. The Morgan fingerprint density at radius 2 is 1.74 bits per heavy atom. The van der Waals surface area contributed by atoms with Gasteiger partial charge in [0.25, 0.3) is 5.91 Å². The maximum absolute atomic E-state index is 13.0. The summed E-state index contributed by atoms with van der Waals surface area (Å²) in [5, 5.41) is 1.72. The molecule has 0 radical (unpaired) electrons. The van der Waals surface area contributed by atoms with Gasteiger partial charge in [-0.05, 0) is 74.8 Å². The van der Waals surface area contributed by atoms with Gasteiger partial charge in [-0.25, -0.2) is 4.98 Å². The number of thiazole rings is 1. The Morgan fingerprint density at radius 1 is 0.971 bits per heavy atom. The molecule has 2 fully saturated rings. The van der Waals surface area contributed by atoms with Gasteiger partial charge in [-0.1, -0.05) is 29.4 Å². The van der Waals surface area contributed by atoms with Gasteiger partial charge in [-0.2, -0.15) is 0 Å². The summed E-state index contributed by atoms with van der Waals surface area (Å²) in [7, 11) is 0. The fourth-order valence-electron chi connectivity index (χ4n) is 4.66. The van der Waals surface area contributed by atoms with E-state index in [4.69, 9.17) is 21.3 Å². The molecule has 2 saturated heterocycles. The standard InChI is InChI=1S/C26H31ClN4O2S/c27-21-7-10-23-24(19-21)34-26(28-23)31-16-14-30(15-17-31)25(32)20-5-8-22(9-6-20)33-18-4-13-29-11-2-1-3-12-29/h5-10,19H,1-4,11-18H2. The van der Waals surface area contributed by atoms with Gasteiger partial charge in [0.1, 0.15) is 5.75 Å². The van der Waals surface area contributed by atoms with Crippen molar-refractivity contribution in [2.24, 2.45) is 0 Å². The van der Waals surface area contributed by atoms with Gasteiger partial charge in [0.15, 0.2) is 5.13 Å². The van der Waals surface area contributed by atoms with E-state index >= 15 is 0 Å². The van der Waals surface area contributed by atoms with Gasteiger partial charge in [-0.15, -0.1) is 0 Å². The molecule has 180 valence electrons. The lowest BCUT2D eigenvalue weighted by atomic mass is 10.1. The SMILES string of the molecule is O=C(c1ccc(OCCCN2CCCCC2)cc1)N1CCN(c2nc3ccc(Cl)cc3s2)CC1. The van der Waals surface area contributed by atoms with Crippen LogP contribution < -0.4 is 9.64 Å². The third-order valence-corrected chi connectivity index (χ3v) is 7.93. The predicted molar refractivity (Wildman–Crippen MR) is 140 cm³/mol. The molecule has 0 saturated carbocycles. The summed E-state index contributed by atoms with van der Waals surface area (Å²) in [6.07, 6.45) is 5.05. The number of rotatable bonds is 7. The number of ether oxygens (including phenoxy) is 1. The van der Waals surface area contributed by atoms with Gasteiger partial charge in [0.05, 0.1) is 16.8 Å². The van der Waals surface area contributed by atoms with Crippen LogP contribution in [0.5, 0.6) is 5.75 Å². The Balaban J connectivity index is 1.09. The molecule has 0 N–H and O–H groups in total. The number of benzene rings is 2. The van der Waals surface area contributed by atoms with Crippen LogP contribution in [0.2, 0.25) is 5.02 Å². The van der Waals surface area contributed by atoms with E-state index < -0.39 is 0 Å². The number of fused-ring (bicyclic) bond motifs is 1. The van der Waals surface area contributed by atoms with Gasteiger partial charge < -0.3 is 19.4 Å². The molecule has 3 heterocycles. The molecule has 0 spiro atoms. The molecule has 6 nitrogen and oxygen atoms in total. The highest BCUT2D eigenvalue weighted by atomic mass is 35.5. The fourth-order valence-corrected chi connectivity index (χ4v) is 5.95. The van der Waals surface area contributed by atoms with E-state index in [1.807, 2.05) is 47.4 Å². The monoisotopic (exact) mass is 498 g/mol. The molecule has 2 aliphatic rings. The number of carbonyl (C=O) groups excluding carboxylic acids is 1. The number of amides is 1. The average Bonchev–Trinajstić information content (AvgIpc) is 3.30. The van der Waals surface area contributed by atoms with E-state index in [0.29, 0.717) is 25.3 Å². The zero-order valence-corrected chi connectivity index (χ0v) is 21.0. The summed E-state index contributed by atoms with van der Waals surface area (Å²) < 4.78 is 6.99. The molecule has 3 aromatic rings.